The van der Waals surface area contributed by atoms with Crippen LogP contribution in [0.2, 0.25) is 0 Å². The molecule has 0 amide bonds. The second-order valence-electron chi connectivity index (χ2n) is 6.65. The number of hydrogen-bond donors (Lipinski definition) is 4. The first kappa shape index (κ1) is 21.7. The van der Waals surface area contributed by atoms with E-state index < -0.39 is 23.4 Å². The summed E-state index contributed by atoms with van der Waals surface area (Å²) in [6.45, 7) is 0.240. The number of imidazole rings is 1. The van der Waals surface area contributed by atoms with E-state index in [1.807, 2.05) is 42.5 Å². The molecule has 0 saturated carbocycles. The predicted octanol–water partition coefficient (Wildman–Crippen LogP) is 0.0228. The highest BCUT2D eigenvalue weighted by Gasteiger charge is 2.18. The molecule has 0 saturated heterocycles. The number of carboxylic acids is 1. The van der Waals surface area contributed by atoms with Crippen LogP contribution in [-0.2, 0) is 25.4 Å². The Labute approximate surface area is 176 Å². The molecule has 11 nitrogen and oxygen atoms in total. The first-order valence-corrected chi connectivity index (χ1v) is 9.28. The van der Waals surface area contributed by atoms with Crippen molar-refractivity contribution >= 4 is 29.2 Å². The van der Waals surface area contributed by atoms with Crippen molar-refractivity contribution in [1.29, 1.82) is 0 Å². The lowest BCUT2D eigenvalue weighted by atomic mass is 10.2. The number of nitrogens with zero attached hydrogens (tertiary/aromatic N) is 4. The van der Waals surface area contributed by atoms with E-state index in [0.717, 1.165) is 22.3 Å². The van der Waals surface area contributed by atoms with Gasteiger partial charge in [0.15, 0.2) is 11.2 Å². The zero-order valence-corrected chi connectivity index (χ0v) is 16.9. The Balaban J connectivity index is 2.00. The van der Waals surface area contributed by atoms with Gasteiger partial charge in [0, 0.05) is 26.7 Å². The zero-order valence-electron chi connectivity index (χ0n) is 16.9. The lowest BCUT2D eigenvalue weighted by molar-refractivity contribution is -0.131. The zero-order chi connectivity index (χ0) is 22.5. The summed E-state index contributed by atoms with van der Waals surface area (Å²) in [6, 6.07) is 9.57. The summed E-state index contributed by atoms with van der Waals surface area (Å²) in [6.07, 6.45) is 4.17. The van der Waals surface area contributed by atoms with Gasteiger partial charge in [-0.15, -0.1) is 0 Å². The number of aromatic nitrogens is 4. The molecule has 4 N–H and O–H groups in total. The molecule has 0 radical (unpaired) electrons. The molecule has 0 aliphatic carbocycles. The lowest BCUT2D eigenvalue weighted by Crippen LogP contribution is -2.37. The van der Waals surface area contributed by atoms with Gasteiger partial charge in [0.05, 0.1) is 0 Å². The highest BCUT2D eigenvalue weighted by atomic mass is 16.4. The van der Waals surface area contributed by atoms with E-state index >= 15 is 0 Å². The van der Waals surface area contributed by atoms with Gasteiger partial charge in [-0.2, -0.15) is 4.98 Å². The van der Waals surface area contributed by atoms with E-state index in [-0.39, 0.29) is 23.7 Å². The molecular formula is C20H22N6O5. The second-order valence-corrected chi connectivity index (χ2v) is 6.65. The molecule has 0 bridgehead atoms. The number of carboxylic acid groups (broad SMARTS) is 1. The summed E-state index contributed by atoms with van der Waals surface area (Å²) in [5.41, 5.74) is 5.46. The van der Waals surface area contributed by atoms with E-state index in [1.165, 1.54) is 18.7 Å². The summed E-state index contributed by atoms with van der Waals surface area (Å²) in [5.74, 6) is -1.05. The smallest absolute Gasteiger partial charge is 0.332 e. The average molecular weight is 426 g/mol. The van der Waals surface area contributed by atoms with Gasteiger partial charge in [-0.25, -0.2) is 15.0 Å². The first-order chi connectivity index (χ1) is 14.8. The highest BCUT2D eigenvalue weighted by Crippen LogP contribution is 2.15. The molecule has 3 aromatic rings. The van der Waals surface area contributed by atoms with Crippen LogP contribution in [0.4, 0.5) is 5.95 Å². The van der Waals surface area contributed by atoms with E-state index in [9.17, 15) is 19.5 Å². The van der Waals surface area contributed by atoms with Crippen molar-refractivity contribution in [3.8, 4) is 0 Å². The minimum Gasteiger partial charge on any atom is -0.478 e. The van der Waals surface area contributed by atoms with E-state index in [2.05, 4.69) is 15.8 Å². The minimum absolute atomic E-state index is 0.161. The number of nitrogens with one attached hydrogen (secondary N) is 2. The van der Waals surface area contributed by atoms with Crippen LogP contribution in [-0.4, -0.2) is 41.1 Å². The van der Waals surface area contributed by atoms with Crippen molar-refractivity contribution in [1.82, 2.24) is 24.1 Å². The number of aliphatic hydroxyl groups is 1. The second kappa shape index (κ2) is 9.24. The molecule has 0 aliphatic heterocycles. The molecule has 1 unspecified atom stereocenters. The van der Waals surface area contributed by atoms with E-state index in [0.29, 0.717) is 0 Å². The minimum atomic E-state index is -1.34. The van der Waals surface area contributed by atoms with Crippen molar-refractivity contribution in [2.24, 2.45) is 14.1 Å². The van der Waals surface area contributed by atoms with Crippen LogP contribution in [0.1, 0.15) is 5.56 Å². The van der Waals surface area contributed by atoms with Gasteiger partial charge < -0.3 is 10.2 Å². The molecule has 1 aromatic carbocycles. The molecule has 1 atom stereocenters. The number of fused-ring (bicyclic) bond motifs is 1. The van der Waals surface area contributed by atoms with Crippen LogP contribution in [0.25, 0.3) is 17.2 Å². The number of anilines is 1. The number of carbonyl (C=O) groups is 1. The van der Waals surface area contributed by atoms with Crippen molar-refractivity contribution in [2.75, 3.05) is 5.43 Å². The van der Waals surface area contributed by atoms with Crippen LogP contribution in [0, 0.1) is 0 Å². The molecule has 0 aliphatic rings. The van der Waals surface area contributed by atoms with Gasteiger partial charge in [-0.3, -0.25) is 23.9 Å². The maximum absolute atomic E-state index is 12.8. The van der Waals surface area contributed by atoms with Gasteiger partial charge in [0.25, 0.3) is 5.56 Å². The van der Waals surface area contributed by atoms with Gasteiger partial charge in [-0.05, 0) is 11.6 Å². The summed E-state index contributed by atoms with van der Waals surface area (Å²) in [4.78, 5) is 39.9. The van der Waals surface area contributed by atoms with Crippen LogP contribution in [0.5, 0.6) is 0 Å². The number of hydrazine groups is 1. The standard InChI is InChI=1S/C20H22N6O5/c1-24-17-16(18(30)25(2)20(24)31)26(12-6-9-13-7-4-3-5-8-13)19(21-17)23-22-14(27)10-11-15(28)29/h3-11,14,22,27H,12H2,1-2H3,(H,21,23)(H,28,29)/b9-6?,11-10+. The number of benzene rings is 1. The van der Waals surface area contributed by atoms with E-state index in [4.69, 9.17) is 5.11 Å². The van der Waals surface area contributed by atoms with Gasteiger partial charge in [0.2, 0.25) is 5.95 Å². The largest absolute Gasteiger partial charge is 0.478 e. The Morgan fingerprint density at radius 2 is 1.90 bits per heavy atom. The van der Waals surface area contributed by atoms with E-state index in [1.54, 1.807) is 4.57 Å². The number of aliphatic carboxylic acids is 1. The SMILES string of the molecule is Cn1c(=O)c2c(nc(NNC(O)/C=C/C(=O)O)n2CC=Cc2ccccc2)n(C)c1=O. The molecule has 2 aromatic heterocycles. The third-order valence-corrected chi connectivity index (χ3v) is 4.50. The summed E-state index contributed by atoms with van der Waals surface area (Å²) in [5, 5.41) is 18.5. The number of hydrogen-bond acceptors (Lipinski definition) is 7. The average Bonchev–Trinajstić information content (AvgIpc) is 3.12. The maximum Gasteiger partial charge on any atom is 0.332 e. The highest BCUT2D eigenvalue weighted by molar-refractivity contribution is 5.79. The van der Waals surface area contributed by atoms with Crippen LogP contribution >= 0.6 is 0 Å². The Morgan fingerprint density at radius 1 is 1.19 bits per heavy atom. The van der Waals surface area contributed by atoms with Crippen molar-refractivity contribution in [3.63, 3.8) is 0 Å². The van der Waals surface area contributed by atoms with Gasteiger partial charge in [0.1, 0.15) is 6.23 Å². The van der Waals surface area contributed by atoms with Crippen molar-refractivity contribution in [3.05, 3.63) is 75.0 Å². The summed E-state index contributed by atoms with van der Waals surface area (Å²) >= 11 is 0. The van der Waals surface area contributed by atoms with Gasteiger partial charge in [-0.1, -0.05) is 42.5 Å². The monoisotopic (exact) mass is 426 g/mol. The molecule has 31 heavy (non-hydrogen) atoms. The fraction of sp³-hybridized carbons (Fsp3) is 0.200. The molecule has 0 spiro atoms. The predicted molar refractivity (Wildman–Crippen MR) is 115 cm³/mol. The number of aliphatic hydroxyl groups excluding tert-OH is 1. The molecule has 3 rings (SSSR count). The fourth-order valence-corrected chi connectivity index (χ4v) is 2.94. The number of rotatable bonds is 8. The molecular weight excluding hydrogens is 404 g/mol. The Morgan fingerprint density at radius 3 is 2.58 bits per heavy atom. The van der Waals surface area contributed by atoms with Crippen LogP contribution < -0.4 is 22.1 Å². The molecule has 11 heteroatoms. The maximum atomic E-state index is 12.8. The molecule has 0 fully saturated rings. The quantitative estimate of drug-likeness (QED) is 0.224. The Bertz CT molecular complexity index is 1270. The fourth-order valence-electron chi connectivity index (χ4n) is 2.94. The first-order valence-electron chi connectivity index (χ1n) is 9.28. The summed E-state index contributed by atoms with van der Waals surface area (Å²) in [7, 11) is 2.88. The topological polar surface area (TPSA) is 143 Å². The number of allylic oxidation sites excluding steroid dienone is 1. The number of aryl methyl sites for hydroxylation is 1. The molecule has 2 heterocycles. The van der Waals surface area contributed by atoms with Crippen LogP contribution in [0.3, 0.4) is 0 Å². The Kier molecular flexibility index (Phi) is 6.48. The normalized spacial score (nSPS) is 12.7. The third kappa shape index (κ3) is 4.79. The molecule has 162 valence electrons. The lowest BCUT2D eigenvalue weighted by Gasteiger charge is -2.12. The third-order valence-electron chi connectivity index (χ3n) is 4.50. The van der Waals surface area contributed by atoms with Crippen molar-refractivity contribution < 1.29 is 15.0 Å². The van der Waals surface area contributed by atoms with Gasteiger partial charge >= 0.3 is 11.7 Å². The van der Waals surface area contributed by atoms with Crippen LogP contribution in [0.15, 0.2) is 58.1 Å². The van der Waals surface area contributed by atoms with Crippen molar-refractivity contribution in [2.45, 2.75) is 12.8 Å². The Hall–Kier alpha value is -3.96. The summed E-state index contributed by atoms with van der Waals surface area (Å²) < 4.78 is 3.79.